The number of rotatable bonds is 5. The number of hydrogen-bond acceptors (Lipinski definition) is 6. The van der Waals surface area contributed by atoms with Crippen LogP contribution in [0.2, 0.25) is 0 Å². The Balaban J connectivity index is 2.21. The Morgan fingerprint density at radius 3 is 2.36 bits per heavy atom. The van der Waals surface area contributed by atoms with Gasteiger partial charge in [-0.3, -0.25) is 14.9 Å². The number of furan rings is 1. The number of nitro groups is 1. The molecular formula is C14H9N2O6-. The van der Waals surface area contributed by atoms with Gasteiger partial charge in [-0.25, -0.2) is 0 Å². The van der Waals surface area contributed by atoms with Crippen LogP contribution in [0.25, 0.3) is 6.08 Å². The van der Waals surface area contributed by atoms with Crippen LogP contribution in [0.15, 0.2) is 52.8 Å². The molecule has 0 saturated heterocycles. The fourth-order valence-corrected chi connectivity index (χ4v) is 1.60. The van der Waals surface area contributed by atoms with E-state index in [1.165, 1.54) is 42.7 Å². The summed E-state index contributed by atoms with van der Waals surface area (Å²) in [6.07, 6.45) is 2.40. The van der Waals surface area contributed by atoms with Crippen molar-refractivity contribution in [2.75, 3.05) is 0 Å². The minimum absolute atomic E-state index is 0.0594. The van der Waals surface area contributed by atoms with E-state index in [0.717, 1.165) is 6.08 Å². The van der Waals surface area contributed by atoms with Crippen LogP contribution >= 0.6 is 0 Å². The van der Waals surface area contributed by atoms with Crippen LogP contribution in [0.3, 0.4) is 0 Å². The van der Waals surface area contributed by atoms with Crippen molar-refractivity contribution in [1.29, 1.82) is 0 Å². The fraction of sp³-hybridized carbons (Fsp3) is 0. The van der Waals surface area contributed by atoms with Crippen LogP contribution in [-0.4, -0.2) is 16.8 Å². The number of carbonyl (C=O) groups is 2. The molecule has 112 valence electrons. The highest BCUT2D eigenvalue weighted by Gasteiger charge is 2.11. The van der Waals surface area contributed by atoms with Crippen molar-refractivity contribution in [2.24, 2.45) is 0 Å². The van der Waals surface area contributed by atoms with Crippen LogP contribution in [0.5, 0.6) is 0 Å². The van der Waals surface area contributed by atoms with Gasteiger partial charge in [0.2, 0.25) is 0 Å². The number of nitrogens with zero attached hydrogens (tertiary/aromatic N) is 1. The molecule has 1 aromatic heterocycles. The van der Waals surface area contributed by atoms with Gasteiger partial charge in [0.05, 0.1) is 22.9 Å². The van der Waals surface area contributed by atoms with Crippen LogP contribution in [0.1, 0.15) is 16.1 Å². The molecule has 8 nitrogen and oxygen atoms in total. The number of aliphatic carboxylic acids is 1. The summed E-state index contributed by atoms with van der Waals surface area (Å²) >= 11 is 0. The van der Waals surface area contributed by atoms with E-state index in [1.54, 1.807) is 0 Å². The number of non-ortho nitro benzene ring substituents is 1. The van der Waals surface area contributed by atoms with Crippen LogP contribution < -0.4 is 10.4 Å². The van der Waals surface area contributed by atoms with E-state index in [-0.39, 0.29) is 11.4 Å². The minimum Gasteiger partial charge on any atom is -0.543 e. The van der Waals surface area contributed by atoms with Crippen LogP contribution in [0, 0.1) is 10.1 Å². The first kappa shape index (κ1) is 15.0. The van der Waals surface area contributed by atoms with Crippen molar-refractivity contribution in [1.82, 2.24) is 5.32 Å². The van der Waals surface area contributed by atoms with Gasteiger partial charge in [0.25, 0.3) is 11.6 Å². The normalized spacial score (nSPS) is 11.0. The Morgan fingerprint density at radius 1 is 1.18 bits per heavy atom. The summed E-state index contributed by atoms with van der Waals surface area (Å²) < 4.78 is 4.84. The van der Waals surface area contributed by atoms with Gasteiger partial charge in [-0.1, -0.05) is 0 Å². The van der Waals surface area contributed by atoms with Gasteiger partial charge in [-0.15, -0.1) is 0 Å². The van der Waals surface area contributed by atoms with Gasteiger partial charge < -0.3 is 19.6 Å². The van der Waals surface area contributed by atoms with E-state index in [0.29, 0.717) is 5.56 Å². The average Bonchev–Trinajstić information content (AvgIpc) is 3.01. The van der Waals surface area contributed by atoms with Crippen molar-refractivity contribution in [3.63, 3.8) is 0 Å². The van der Waals surface area contributed by atoms with Gasteiger partial charge in [0.15, 0.2) is 5.76 Å². The van der Waals surface area contributed by atoms with E-state index >= 15 is 0 Å². The largest absolute Gasteiger partial charge is 0.543 e. The number of nitrogens with one attached hydrogen (secondary N) is 1. The zero-order valence-electron chi connectivity index (χ0n) is 11.0. The number of carbonyl (C=O) groups excluding carboxylic acids is 2. The van der Waals surface area contributed by atoms with Gasteiger partial charge in [-0.2, -0.15) is 0 Å². The SMILES string of the molecule is O=C([O-])/C(=C\c1ccc([N+](=O)[O-])cc1)NC(=O)c1ccco1. The van der Waals surface area contributed by atoms with Crippen molar-refractivity contribution < 1.29 is 24.0 Å². The highest BCUT2D eigenvalue weighted by Crippen LogP contribution is 2.14. The summed E-state index contributed by atoms with van der Waals surface area (Å²) in [6.45, 7) is 0. The third-order valence-electron chi connectivity index (χ3n) is 2.63. The Hall–Kier alpha value is -3.42. The fourth-order valence-electron chi connectivity index (χ4n) is 1.60. The number of hydrogen-bond donors (Lipinski definition) is 1. The summed E-state index contributed by atoms with van der Waals surface area (Å²) in [4.78, 5) is 32.7. The molecule has 0 bridgehead atoms. The van der Waals surface area contributed by atoms with E-state index < -0.39 is 22.5 Å². The van der Waals surface area contributed by atoms with Crippen molar-refractivity contribution in [2.45, 2.75) is 0 Å². The molecule has 0 fully saturated rings. The van der Waals surface area contributed by atoms with E-state index in [1.807, 2.05) is 0 Å². The summed E-state index contributed by atoms with van der Waals surface area (Å²) in [5, 5.41) is 23.7. The van der Waals surface area contributed by atoms with E-state index in [4.69, 9.17) is 4.42 Å². The lowest BCUT2D eigenvalue weighted by atomic mass is 10.1. The molecule has 2 aromatic rings. The Morgan fingerprint density at radius 2 is 1.86 bits per heavy atom. The van der Waals surface area contributed by atoms with E-state index in [9.17, 15) is 24.8 Å². The Labute approximate surface area is 123 Å². The second-order valence-corrected chi connectivity index (χ2v) is 4.13. The predicted molar refractivity (Wildman–Crippen MR) is 72.3 cm³/mol. The lowest BCUT2D eigenvalue weighted by molar-refractivity contribution is -0.384. The Kier molecular flexibility index (Phi) is 4.33. The zero-order valence-corrected chi connectivity index (χ0v) is 11.0. The first-order chi connectivity index (χ1) is 10.5. The van der Waals surface area contributed by atoms with Crippen LogP contribution in [-0.2, 0) is 4.79 Å². The van der Waals surface area contributed by atoms with Crippen LogP contribution in [0.4, 0.5) is 5.69 Å². The second kappa shape index (κ2) is 6.35. The molecule has 0 aliphatic carbocycles. The molecule has 0 aliphatic heterocycles. The van der Waals surface area contributed by atoms with Gasteiger partial charge in [0.1, 0.15) is 0 Å². The van der Waals surface area contributed by atoms with Gasteiger partial charge in [0, 0.05) is 12.1 Å². The summed E-state index contributed by atoms with van der Waals surface area (Å²) in [5.74, 6) is -2.41. The second-order valence-electron chi connectivity index (χ2n) is 4.13. The molecule has 0 radical (unpaired) electrons. The maximum absolute atomic E-state index is 11.7. The predicted octanol–water partition coefficient (Wildman–Crippen LogP) is 0.709. The molecule has 2 rings (SSSR count). The highest BCUT2D eigenvalue weighted by atomic mass is 16.6. The summed E-state index contributed by atoms with van der Waals surface area (Å²) in [6, 6.07) is 7.97. The quantitative estimate of drug-likeness (QED) is 0.492. The van der Waals surface area contributed by atoms with Crippen molar-refractivity contribution >= 4 is 23.6 Å². The third kappa shape index (κ3) is 3.57. The van der Waals surface area contributed by atoms with Gasteiger partial charge >= 0.3 is 0 Å². The molecule has 22 heavy (non-hydrogen) atoms. The molecule has 1 amide bonds. The standard InChI is InChI=1S/C14H10N2O6/c17-13(12-2-1-7-22-12)15-11(14(18)19)8-9-3-5-10(6-4-9)16(20)21/h1-8H,(H,15,17)(H,18,19)/p-1/b11-8+. The zero-order chi connectivity index (χ0) is 16.1. The summed E-state index contributed by atoms with van der Waals surface area (Å²) in [7, 11) is 0. The molecule has 0 unspecified atom stereocenters. The van der Waals surface area contributed by atoms with Gasteiger partial charge in [-0.05, 0) is 35.9 Å². The molecule has 0 aliphatic rings. The lowest BCUT2D eigenvalue weighted by Gasteiger charge is -2.09. The first-order valence-corrected chi connectivity index (χ1v) is 6.00. The van der Waals surface area contributed by atoms with E-state index in [2.05, 4.69) is 5.32 Å². The molecular weight excluding hydrogens is 292 g/mol. The molecule has 0 spiro atoms. The number of amides is 1. The highest BCUT2D eigenvalue weighted by molar-refractivity contribution is 6.00. The van der Waals surface area contributed by atoms with Crippen molar-refractivity contribution in [3.05, 3.63) is 69.8 Å². The van der Waals surface area contributed by atoms with Crippen molar-refractivity contribution in [3.8, 4) is 0 Å². The monoisotopic (exact) mass is 301 g/mol. The smallest absolute Gasteiger partial charge is 0.291 e. The molecule has 1 heterocycles. The number of carboxylic acid groups (broad SMARTS) is 1. The summed E-state index contributed by atoms with van der Waals surface area (Å²) in [5.41, 5.74) is -0.272. The maximum Gasteiger partial charge on any atom is 0.291 e. The molecule has 1 aromatic carbocycles. The minimum atomic E-state index is -1.60. The number of carboxylic acids is 1. The first-order valence-electron chi connectivity index (χ1n) is 6.00. The molecule has 1 N–H and O–H groups in total. The molecule has 0 atom stereocenters. The Bertz CT molecular complexity index is 731. The number of benzene rings is 1. The maximum atomic E-state index is 11.7. The molecule has 8 heteroatoms. The lowest BCUT2D eigenvalue weighted by Crippen LogP contribution is -2.35. The number of nitro benzene ring substituents is 1. The molecule has 0 saturated carbocycles. The average molecular weight is 301 g/mol. The topological polar surface area (TPSA) is 126 Å². The third-order valence-corrected chi connectivity index (χ3v) is 2.63.